The summed E-state index contributed by atoms with van der Waals surface area (Å²) in [6, 6.07) is 14.7. The number of ether oxygens (including phenoxy) is 2. The summed E-state index contributed by atoms with van der Waals surface area (Å²) in [5.74, 6) is -0.641. The SMILES string of the molecule is NC(=O)C1CN(C(=O)OCCc2ccccc2)c2cc(C=C3SC(=S)NC3=O)ccc2O1. The number of hydrogen-bond donors (Lipinski definition) is 2. The number of carbonyl (C=O) groups is 3. The van der Waals surface area contributed by atoms with E-state index in [1.807, 2.05) is 30.3 Å². The third-order valence-corrected chi connectivity index (χ3v) is 5.99. The van der Waals surface area contributed by atoms with Crippen LogP contribution in [0.3, 0.4) is 0 Å². The molecular formula is C22H19N3O5S2. The van der Waals surface area contributed by atoms with Gasteiger partial charge in [-0.1, -0.05) is 60.4 Å². The third-order valence-electron chi connectivity index (χ3n) is 4.83. The van der Waals surface area contributed by atoms with Crippen molar-refractivity contribution >= 4 is 58.0 Å². The van der Waals surface area contributed by atoms with E-state index in [0.717, 1.165) is 17.3 Å². The Labute approximate surface area is 193 Å². The summed E-state index contributed by atoms with van der Waals surface area (Å²) < 4.78 is 11.5. The van der Waals surface area contributed by atoms with Crippen molar-refractivity contribution in [3.63, 3.8) is 0 Å². The van der Waals surface area contributed by atoms with Gasteiger partial charge in [-0.25, -0.2) is 4.79 Å². The van der Waals surface area contributed by atoms with Gasteiger partial charge >= 0.3 is 6.09 Å². The lowest BCUT2D eigenvalue weighted by Gasteiger charge is -2.33. The van der Waals surface area contributed by atoms with Crippen LogP contribution in [0.5, 0.6) is 5.75 Å². The Balaban J connectivity index is 1.55. The van der Waals surface area contributed by atoms with Gasteiger partial charge in [0.25, 0.3) is 11.8 Å². The van der Waals surface area contributed by atoms with Crippen molar-refractivity contribution in [1.29, 1.82) is 0 Å². The lowest BCUT2D eigenvalue weighted by Crippen LogP contribution is -2.49. The van der Waals surface area contributed by atoms with Gasteiger partial charge in [-0.2, -0.15) is 0 Å². The van der Waals surface area contributed by atoms with Crippen molar-refractivity contribution < 1.29 is 23.9 Å². The first kappa shape index (κ1) is 21.8. The highest BCUT2D eigenvalue weighted by molar-refractivity contribution is 8.26. The van der Waals surface area contributed by atoms with Gasteiger partial charge in [0, 0.05) is 6.42 Å². The summed E-state index contributed by atoms with van der Waals surface area (Å²) in [5.41, 5.74) is 7.54. The second-order valence-corrected chi connectivity index (χ2v) is 8.77. The van der Waals surface area contributed by atoms with Crippen LogP contribution in [0.2, 0.25) is 0 Å². The number of fused-ring (bicyclic) bond motifs is 1. The molecule has 0 aliphatic carbocycles. The maximum absolute atomic E-state index is 12.9. The number of thiocarbonyl (C=S) groups is 1. The molecule has 1 saturated heterocycles. The van der Waals surface area contributed by atoms with E-state index in [9.17, 15) is 14.4 Å². The zero-order chi connectivity index (χ0) is 22.7. The number of nitrogens with two attached hydrogens (primary N) is 1. The van der Waals surface area contributed by atoms with E-state index < -0.39 is 18.1 Å². The van der Waals surface area contributed by atoms with Crippen LogP contribution in [0.15, 0.2) is 53.4 Å². The van der Waals surface area contributed by atoms with Crippen molar-refractivity contribution in [3.8, 4) is 5.75 Å². The molecule has 3 amide bonds. The number of primary amides is 1. The monoisotopic (exact) mass is 469 g/mol. The second-order valence-electron chi connectivity index (χ2n) is 7.05. The molecule has 1 atom stereocenters. The van der Waals surface area contributed by atoms with Crippen LogP contribution < -0.4 is 20.7 Å². The number of benzene rings is 2. The van der Waals surface area contributed by atoms with Crippen LogP contribution in [0.1, 0.15) is 11.1 Å². The molecular weight excluding hydrogens is 450 g/mol. The molecule has 0 radical (unpaired) electrons. The van der Waals surface area contributed by atoms with E-state index in [4.69, 9.17) is 27.4 Å². The van der Waals surface area contributed by atoms with Gasteiger partial charge in [0.2, 0.25) is 0 Å². The van der Waals surface area contributed by atoms with Crippen molar-refractivity contribution in [1.82, 2.24) is 5.32 Å². The van der Waals surface area contributed by atoms with Crippen LogP contribution in [-0.4, -0.2) is 41.5 Å². The number of amides is 3. The van der Waals surface area contributed by atoms with E-state index in [2.05, 4.69) is 5.32 Å². The average Bonchev–Trinajstić information content (AvgIpc) is 3.10. The predicted molar refractivity (Wildman–Crippen MR) is 125 cm³/mol. The van der Waals surface area contributed by atoms with Crippen molar-refractivity contribution in [2.45, 2.75) is 12.5 Å². The van der Waals surface area contributed by atoms with E-state index in [1.165, 1.54) is 4.90 Å². The molecule has 2 aliphatic heterocycles. The summed E-state index contributed by atoms with van der Waals surface area (Å²) in [5, 5.41) is 2.56. The van der Waals surface area contributed by atoms with Crippen LogP contribution in [-0.2, 0) is 20.7 Å². The van der Waals surface area contributed by atoms with E-state index in [1.54, 1.807) is 24.3 Å². The Hall–Kier alpha value is -3.37. The smallest absolute Gasteiger partial charge is 0.414 e. The normalized spacial score (nSPS) is 18.7. The molecule has 1 fully saturated rings. The van der Waals surface area contributed by atoms with E-state index in [-0.39, 0.29) is 19.1 Å². The first-order valence-corrected chi connectivity index (χ1v) is 11.0. The molecule has 0 aromatic heterocycles. The third kappa shape index (κ3) is 4.92. The van der Waals surface area contributed by atoms with Gasteiger partial charge in [-0.15, -0.1) is 0 Å². The Morgan fingerprint density at radius 2 is 2.06 bits per heavy atom. The van der Waals surface area contributed by atoms with Crippen LogP contribution in [0, 0.1) is 0 Å². The maximum Gasteiger partial charge on any atom is 0.414 e. The van der Waals surface area contributed by atoms with E-state index in [0.29, 0.717) is 32.6 Å². The van der Waals surface area contributed by atoms with Crippen molar-refractivity contribution in [2.24, 2.45) is 5.73 Å². The topological polar surface area (TPSA) is 111 Å². The number of thioether (sulfide) groups is 1. The quantitative estimate of drug-likeness (QED) is 0.511. The molecule has 32 heavy (non-hydrogen) atoms. The number of anilines is 1. The van der Waals surface area contributed by atoms with Gasteiger partial charge in [-0.05, 0) is 29.3 Å². The lowest BCUT2D eigenvalue weighted by atomic mass is 10.1. The van der Waals surface area contributed by atoms with Crippen molar-refractivity contribution in [2.75, 3.05) is 18.1 Å². The molecule has 2 heterocycles. The largest absolute Gasteiger partial charge is 0.477 e. The summed E-state index contributed by atoms with van der Waals surface area (Å²) >= 11 is 6.17. The van der Waals surface area contributed by atoms with Crippen LogP contribution >= 0.6 is 24.0 Å². The molecule has 4 rings (SSSR count). The zero-order valence-electron chi connectivity index (χ0n) is 16.8. The number of nitrogens with zero attached hydrogens (tertiary/aromatic N) is 1. The summed E-state index contributed by atoms with van der Waals surface area (Å²) in [7, 11) is 0. The Morgan fingerprint density at radius 3 is 2.75 bits per heavy atom. The minimum absolute atomic E-state index is 0.0775. The maximum atomic E-state index is 12.9. The molecule has 2 aromatic rings. The predicted octanol–water partition coefficient (Wildman–Crippen LogP) is 2.61. The van der Waals surface area contributed by atoms with Gasteiger partial charge in [0.1, 0.15) is 10.1 Å². The highest BCUT2D eigenvalue weighted by atomic mass is 32.2. The molecule has 0 saturated carbocycles. The zero-order valence-corrected chi connectivity index (χ0v) is 18.4. The van der Waals surface area contributed by atoms with Crippen LogP contribution in [0.4, 0.5) is 10.5 Å². The lowest BCUT2D eigenvalue weighted by molar-refractivity contribution is -0.124. The fraction of sp³-hybridized carbons (Fsp3) is 0.182. The Kier molecular flexibility index (Phi) is 6.42. The van der Waals surface area contributed by atoms with Gasteiger partial charge in [-0.3, -0.25) is 14.5 Å². The first-order chi connectivity index (χ1) is 15.4. The minimum atomic E-state index is -0.998. The Morgan fingerprint density at radius 1 is 1.28 bits per heavy atom. The Bertz CT molecular complexity index is 1120. The molecule has 8 nitrogen and oxygen atoms in total. The molecule has 164 valence electrons. The van der Waals surface area contributed by atoms with Crippen molar-refractivity contribution in [3.05, 3.63) is 64.6 Å². The fourth-order valence-electron chi connectivity index (χ4n) is 3.26. The molecule has 3 N–H and O–H groups in total. The number of nitrogens with one attached hydrogen (secondary N) is 1. The average molecular weight is 470 g/mol. The highest BCUT2D eigenvalue weighted by Crippen LogP contribution is 2.36. The van der Waals surface area contributed by atoms with Gasteiger partial charge in [0.05, 0.1) is 23.7 Å². The molecule has 2 aromatic carbocycles. The fourth-order valence-corrected chi connectivity index (χ4v) is 4.31. The molecule has 0 bridgehead atoms. The number of hydrogen-bond acceptors (Lipinski definition) is 7. The van der Waals surface area contributed by atoms with E-state index >= 15 is 0 Å². The molecule has 0 spiro atoms. The first-order valence-electron chi connectivity index (χ1n) is 9.74. The summed E-state index contributed by atoms with van der Waals surface area (Å²) in [4.78, 5) is 38.3. The van der Waals surface area contributed by atoms with Crippen LogP contribution in [0.25, 0.3) is 6.08 Å². The standard InChI is InChI=1S/C22H19N3O5S2/c23-19(26)17-12-25(22(28)29-9-8-13-4-2-1-3-5-13)15-10-14(6-7-16(15)30-17)11-18-20(27)24-21(31)32-18/h1-7,10-11,17H,8-9,12H2,(H2,23,26)(H,24,27,31). The summed E-state index contributed by atoms with van der Waals surface area (Å²) in [6.45, 7) is 0.0978. The molecule has 2 aliphatic rings. The second kappa shape index (κ2) is 9.41. The summed E-state index contributed by atoms with van der Waals surface area (Å²) in [6.07, 6.45) is 0.609. The highest BCUT2D eigenvalue weighted by Gasteiger charge is 2.34. The molecule has 1 unspecified atom stereocenters. The van der Waals surface area contributed by atoms with Gasteiger partial charge in [0.15, 0.2) is 6.10 Å². The minimum Gasteiger partial charge on any atom is -0.477 e. The number of rotatable bonds is 5. The van der Waals surface area contributed by atoms with Gasteiger partial charge < -0.3 is 20.5 Å². The molecule has 10 heteroatoms. The number of carbonyl (C=O) groups excluding carboxylic acids is 3.